The van der Waals surface area contributed by atoms with E-state index in [9.17, 15) is 4.79 Å². The standard InChI is InChI=1S/C15H22N2O3/c1-11-9-13(20-8-7-19-2)3-4-14(11)17-15(18)12-5-6-16-10-12/h3-4,9,12,16H,5-8,10H2,1-2H3,(H,17,18). The van der Waals surface area contributed by atoms with E-state index in [4.69, 9.17) is 9.47 Å². The van der Waals surface area contributed by atoms with E-state index < -0.39 is 0 Å². The molecular formula is C15H22N2O3. The molecule has 0 spiro atoms. The second-order valence-corrected chi connectivity index (χ2v) is 5.00. The number of nitrogens with one attached hydrogen (secondary N) is 2. The summed E-state index contributed by atoms with van der Waals surface area (Å²) in [6.45, 7) is 4.74. The number of aryl methyl sites for hydroxylation is 1. The van der Waals surface area contributed by atoms with Crippen molar-refractivity contribution in [2.45, 2.75) is 13.3 Å². The van der Waals surface area contributed by atoms with Gasteiger partial charge in [-0.25, -0.2) is 0 Å². The molecule has 110 valence electrons. The lowest BCUT2D eigenvalue weighted by Crippen LogP contribution is -2.24. The second kappa shape index (κ2) is 7.26. The fraction of sp³-hybridized carbons (Fsp3) is 0.533. The van der Waals surface area contributed by atoms with E-state index in [1.807, 2.05) is 25.1 Å². The van der Waals surface area contributed by atoms with Crippen molar-refractivity contribution in [2.24, 2.45) is 5.92 Å². The molecule has 1 aromatic rings. The molecular weight excluding hydrogens is 256 g/mol. The molecule has 5 nitrogen and oxygen atoms in total. The van der Waals surface area contributed by atoms with E-state index in [0.29, 0.717) is 13.2 Å². The van der Waals surface area contributed by atoms with Gasteiger partial charge in [-0.1, -0.05) is 0 Å². The molecule has 1 atom stereocenters. The van der Waals surface area contributed by atoms with E-state index in [2.05, 4.69) is 10.6 Å². The first-order valence-electron chi connectivity index (χ1n) is 6.94. The molecule has 1 fully saturated rings. The fourth-order valence-corrected chi connectivity index (χ4v) is 2.22. The highest BCUT2D eigenvalue weighted by Crippen LogP contribution is 2.22. The number of benzene rings is 1. The average Bonchev–Trinajstić information content (AvgIpc) is 2.96. The molecule has 0 bridgehead atoms. The van der Waals surface area contributed by atoms with Gasteiger partial charge in [0.15, 0.2) is 0 Å². The summed E-state index contributed by atoms with van der Waals surface area (Å²) in [5.41, 5.74) is 1.85. The maximum Gasteiger partial charge on any atom is 0.228 e. The van der Waals surface area contributed by atoms with Gasteiger partial charge in [0.1, 0.15) is 12.4 Å². The fourth-order valence-electron chi connectivity index (χ4n) is 2.22. The summed E-state index contributed by atoms with van der Waals surface area (Å²) in [5, 5.41) is 6.19. The van der Waals surface area contributed by atoms with Gasteiger partial charge < -0.3 is 20.1 Å². The number of carbonyl (C=O) groups excluding carboxylic acids is 1. The summed E-state index contributed by atoms with van der Waals surface area (Å²) in [6.07, 6.45) is 0.906. The maximum atomic E-state index is 12.1. The summed E-state index contributed by atoms with van der Waals surface area (Å²) in [7, 11) is 1.64. The summed E-state index contributed by atoms with van der Waals surface area (Å²) in [5.74, 6) is 0.957. The van der Waals surface area contributed by atoms with Crippen molar-refractivity contribution in [3.63, 3.8) is 0 Å². The van der Waals surface area contributed by atoms with Crippen molar-refractivity contribution in [2.75, 3.05) is 38.7 Å². The van der Waals surface area contributed by atoms with Gasteiger partial charge in [-0.15, -0.1) is 0 Å². The van der Waals surface area contributed by atoms with Crippen LogP contribution in [0.2, 0.25) is 0 Å². The highest BCUT2D eigenvalue weighted by molar-refractivity contribution is 5.93. The third kappa shape index (κ3) is 3.95. The highest BCUT2D eigenvalue weighted by Gasteiger charge is 2.22. The van der Waals surface area contributed by atoms with Crippen LogP contribution in [0.15, 0.2) is 18.2 Å². The number of amides is 1. The van der Waals surface area contributed by atoms with Gasteiger partial charge in [-0.2, -0.15) is 0 Å². The van der Waals surface area contributed by atoms with Crippen LogP contribution in [0.4, 0.5) is 5.69 Å². The van der Waals surface area contributed by atoms with E-state index >= 15 is 0 Å². The number of rotatable bonds is 6. The van der Waals surface area contributed by atoms with Crippen molar-refractivity contribution in [3.8, 4) is 5.75 Å². The topological polar surface area (TPSA) is 59.6 Å². The lowest BCUT2D eigenvalue weighted by atomic mass is 10.1. The molecule has 1 amide bonds. The van der Waals surface area contributed by atoms with Crippen LogP contribution in [-0.4, -0.2) is 39.3 Å². The highest BCUT2D eigenvalue weighted by atomic mass is 16.5. The summed E-state index contributed by atoms with van der Waals surface area (Å²) < 4.78 is 10.5. The van der Waals surface area contributed by atoms with Gasteiger partial charge in [0.25, 0.3) is 0 Å². The molecule has 0 radical (unpaired) electrons. The summed E-state index contributed by atoms with van der Waals surface area (Å²) in [6, 6.07) is 5.68. The Labute approximate surface area is 119 Å². The molecule has 20 heavy (non-hydrogen) atoms. The number of hydrogen-bond donors (Lipinski definition) is 2. The SMILES string of the molecule is COCCOc1ccc(NC(=O)C2CCNC2)c(C)c1. The van der Waals surface area contributed by atoms with Crippen LogP contribution in [-0.2, 0) is 9.53 Å². The van der Waals surface area contributed by atoms with Gasteiger partial charge in [0, 0.05) is 19.3 Å². The number of ether oxygens (including phenoxy) is 2. The van der Waals surface area contributed by atoms with Crippen LogP contribution in [0.25, 0.3) is 0 Å². The monoisotopic (exact) mass is 278 g/mol. The largest absolute Gasteiger partial charge is 0.491 e. The number of carbonyl (C=O) groups is 1. The molecule has 1 unspecified atom stereocenters. The Bertz CT molecular complexity index is 456. The van der Waals surface area contributed by atoms with Crippen LogP contribution >= 0.6 is 0 Å². The predicted molar refractivity (Wildman–Crippen MR) is 78.2 cm³/mol. The van der Waals surface area contributed by atoms with Gasteiger partial charge in [0.2, 0.25) is 5.91 Å². The molecule has 0 aliphatic carbocycles. The Morgan fingerprint density at radius 2 is 2.30 bits per heavy atom. The zero-order valence-corrected chi connectivity index (χ0v) is 12.1. The normalized spacial score (nSPS) is 18.0. The third-order valence-electron chi connectivity index (χ3n) is 3.44. The minimum atomic E-state index is 0.0760. The molecule has 2 rings (SSSR count). The molecule has 5 heteroatoms. The smallest absolute Gasteiger partial charge is 0.228 e. The van der Waals surface area contributed by atoms with E-state index in [-0.39, 0.29) is 11.8 Å². The lowest BCUT2D eigenvalue weighted by molar-refractivity contribution is -0.119. The lowest BCUT2D eigenvalue weighted by Gasteiger charge is -2.13. The first kappa shape index (κ1) is 14.8. The molecule has 2 N–H and O–H groups in total. The van der Waals surface area contributed by atoms with Gasteiger partial charge in [-0.3, -0.25) is 4.79 Å². The molecule has 0 saturated carbocycles. The van der Waals surface area contributed by atoms with E-state index in [1.54, 1.807) is 7.11 Å². The maximum absolute atomic E-state index is 12.1. The minimum absolute atomic E-state index is 0.0760. The van der Waals surface area contributed by atoms with Crippen molar-refractivity contribution in [3.05, 3.63) is 23.8 Å². The van der Waals surface area contributed by atoms with Gasteiger partial charge in [-0.05, 0) is 43.7 Å². The van der Waals surface area contributed by atoms with Crippen LogP contribution in [0, 0.1) is 12.8 Å². The Hall–Kier alpha value is -1.59. The Kier molecular flexibility index (Phi) is 5.38. The number of hydrogen-bond acceptors (Lipinski definition) is 4. The molecule has 1 aliphatic rings. The Morgan fingerprint density at radius 1 is 1.45 bits per heavy atom. The molecule has 1 saturated heterocycles. The summed E-state index contributed by atoms with van der Waals surface area (Å²) in [4.78, 5) is 12.1. The van der Waals surface area contributed by atoms with Crippen molar-refractivity contribution in [1.82, 2.24) is 5.32 Å². The van der Waals surface area contributed by atoms with Crippen molar-refractivity contribution in [1.29, 1.82) is 0 Å². The zero-order chi connectivity index (χ0) is 14.4. The number of methoxy groups -OCH3 is 1. The summed E-state index contributed by atoms with van der Waals surface area (Å²) >= 11 is 0. The number of anilines is 1. The first-order chi connectivity index (χ1) is 9.70. The van der Waals surface area contributed by atoms with Crippen molar-refractivity contribution >= 4 is 11.6 Å². The minimum Gasteiger partial charge on any atom is -0.491 e. The van der Waals surface area contributed by atoms with Crippen molar-refractivity contribution < 1.29 is 14.3 Å². The van der Waals surface area contributed by atoms with Crippen LogP contribution in [0.5, 0.6) is 5.75 Å². The third-order valence-corrected chi connectivity index (χ3v) is 3.44. The predicted octanol–water partition coefficient (Wildman–Crippen LogP) is 1.57. The molecule has 0 aromatic heterocycles. The second-order valence-electron chi connectivity index (χ2n) is 5.00. The van der Waals surface area contributed by atoms with Crippen LogP contribution in [0.1, 0.15) is 12.0 Å². The zero-order valence-electron chi connectivity index (χ0n) is 12.1. The quantitative estimate of drug-likeness (QED) is 0.775. The Morgan fingerprint density at radius 3 is 2.95 bits per heavy atom. The van der Waals surface area contributed by atoms with Crippen LogP contribution in [0.3, 0.4) is 0 Å². The van der Waals surface area contributed by atoms with Gasteiger partial charge >= 0.3 is 0 Å². The van der Waals surface area contributed by atoms with E-state index in [1.165, 1.54) is 0 Å². The van der Waals surface area contributed by atoms with E-state index in [0.717, 1.165) is 36.5 Å². The van der Waals surface area contributed by atoms with Crippen LogP contribution < -0.4 is 15.4 Å². The molecule has 1 aliphatic heterocycles. The molecule has 1 heterocycles. The first-order valence-corrected chi connectivity index (χ1v) is 6.94. The Balaban J connectivity index is 1.93. The van der Waals surface area contributed by atoms with Gasteiger partial charge in [0.05, 0.1) is 12.5 Å². The average molecular weight is 278 g/mol. The molecule has 1 aromatic carbocycles.